The number of piperidine rings is 1. The summed E-state index contributed by atoms with van der Waals surface area (Å²) >= 11 is 0. The van der Waals surface area contributed by atoms with E-state index in [-0.39, 0.29) is 5.91 Å². The summed E-state index contributed by atoms with van der Waals surface area (Å²) < 4.78 is 0. The largest absolute Gasteiger partial charge is 0.385 e. The van der Waals surface area contributed by atoms with Gasteiger partial charge in [0.05, 0.1) is 11.3 Å². The highest BCUT2D eigenvalue weighted by Crippen LogP contribution is 2.33. The number of H-pyrrole nitrogens is 1. The van der Waals surface area contributed by atoms with Gasteiger partial charge in [0.25, 0.3) is 5.91 Å². The van der Waals surface area contributed by atoms with Crippen LogP contribution in [0, 0.1) is 6.92 Å². The lowest BCUT2D eigenvalue weighted by Crippen LogP contribution is -2.45. The minimum absolute atomic E-state index is 0.101. The Labute approximate surface area is 157 Å². The number of pyridine rings is 1. The molecule has 1 aromatic carbocycles. The second kappa shape index (κ2) is 6.96. The number of hydrogen-bond donors (Lipinski definition) is 2. The molecule has 0 spiro atoms. The number of amides is 1. The Balaban J connectivity index is 1.44. The molecule has 4 rings (SSSR count). The number of carbonyl (C=O) groups excluding carboxylic acids is 1. The molecular weight excluding hydrogens is 340 g/mol. The van der Waals surface area contributed by atoms with Gasteiger partial charge in [-0.25, -0.2) is 0 Å². The van der Waals surface area contributed by atoms with Gasteiger partial charge in [0.2, 0.25) is 0 Å². The number of likely N-dealkylation sites (tertiary alicyclic amines) is 1. The number of aromatic amines is 1. The summed E-state index contributed by atoms with van der Waals surface area (Å²) in [5.41, 5.74) is 3.01. The second-order valence-corrected chi connectivity index (χ2v) is 7.07. The van der Waals surface area contributed by atoms with Crippen LogP contribution in [0.15, 0.2) is 54.7 Å². The van der Waals surface area contributed by atoms with Crippen LogP contribution in [0.3, 0.4) is 0 Å². The molecule has 1 aliphatic heterocycles. The number of carbonyl (C=O) groups is 1. The van der Waals surface area contributed by atoms with Crippen molar-refractivity contribution in [1.82, 2.24) is 20.1 Å². The van der Waals surface area contributed by atoms with E-state index < -0.39 is 5.60 Å². The van der Waals surface area contributed by atoms with Crippen LogP contribution in [-0.4, -0.2) is 44.2 Å². The van der Waals surface area contributed by atoms with Crippen LogP contribution < -0.4 is 0 Å². The first-order valence-corrected chi connectivity index (χ1v) is 9.11. The van der Waals surface area contributed by atoms with Crippen molar-refractivity contribution in [2.45, 2.75) is 25.4 Å². The summed E-state index contributed by atoms with van der Waals surface area (Å²) in [6.07, 6.45) is 2.73. The molecule has 0 atom stereocenters. The van der Waals surface area contributed by atoms with E-state index in [0.717, 1.165) is 16.8 Å². The van der Waals surface area contributed by atoms with E-state index in [1.165, 1.54) is 0 Å². The fourth-order valence-corrected chi connectivity index (χ4v) is 3.48. The van der Waals surface area contributed by atoms with Crippen LogP contribution in [0.5, 0.6) is 0 Å². The molecule has 1 saturated heterocycles. The minimum atomic E-state index is -0.877. The summed E-state index contributed by atoms with van der Waals surface area (Å²) in [5.74, 6) is -0.101. The zero-order valence-corrected chi connectivity index (χ0v) is 15.2. The van der Waals surface area contributed by atoms with E-state index >= 15 is 0 Å². The molecule has 3 heterocycles. The van der Waals surface area contributed by atoms with Crippen molar-refractivity contribution < 1.29 is 9.90 Å². The smallest absolute Gasteiger partial charge is 0.271 e. The zero-order chi connectivity index (χ0) is 18.9. The zero-order valence-electron chi connectivity index (χ0n) is 15.2. The lowest BCUT2D eigenvalue weighted by atomic mass is 9.84. The summed E-state index contributed by atoms with van der Waals surface area (Å²) in [6, 6.07) is 15.3. The van der Waals surface area contributed by atoms with E-state index in [0.29, 0.717) is 37.3 Å². The Bertz CT molecular complexity index is 926. The van der Waals surface area contributed by atoms with Crippen molar-refractivity contribution in [2.24, 2.45) is 0 Å². The van der Waals surface area contributed by atoms with Crippen molar-refractivity contribution >= 4 is 5.91 Å². The van der Waals surface area contributed by atoms with E-state index in [1.807, 2.05) is 49.4 Å². The van der Waals surface area contributed by atoms with Crippen LogP contribution in [-0.2, 0) is 5.60 Å². The first kappa shape index (κ1) is 17.4. The van der Waals surface area contributed by atoms with Crippen molar-refractivity contribution in [1.29, 1.82) is 0 Å². The molecule has 0 bridgehead atoms. The number of nitrogens with zero attached hydrogens (tertiary/aromatic N) is 3. The third kappa shape index (κ3) is 3.48. The third-order valence-electron chi connectivity index (χ3n) is 5.20. The topological polar surface area (TPSA) is 82.1 Å². The summed E-state index contributed by atoms with van der Waals surface area (Å²) in [4.78, 5) is 18.8. The molecule has 3 aromatic rings. The molecule has 0 unspecified atom stereocenters. The van der Waals surface area contributed by atoms with Gasteiger partial charge in [0, 0.05) is 19.3 Å². The predicted molar refractivity (Wildman–Crippen MR) is 102 cm³/mol. The maximum atomic E-state index is 12.8. The fourth-order valence-electron chi connectivity index (χ4n) is 3.48. The molecule has 1 fully saturated rings. The van der Waals surface area contributed by atoms with E-state index in [4.69, 9.17) is 0 Å². The van der Waals surface area contributed by atoms with E-state index in [9.17, 15) is 9.90 Å². The van der Waals surface area contributed by atoms with Crippen molar-refractivity contribution in [3.8, 4) is 11.4 Å². The van der Waals surface area contributed by atoms with Gasteiger partial charge in [-0.3, -0.25) is 14.9 Å². The maximum absolute atomic E-state index is 12.8. The summed E-state index contributed by atoms with van der Waals surface area (Å²) in [5, 5.41) is 18.0. The Morgan fingerprint density at radius 1 is 1.11 bits per heavy atom. The molecule has 2 N–H and O–H groups in total. The Kier molecular flexibility index (Phi) is 4.49. The quantitative estimate of drug-likeness (QED) is 0.751. The van der Waals surface area contributed by atoms with Gasteiger partial charge in [-0.15, -0.1) is 0 Å². The SMILES string of the molecule is Cc1ccc(C2(O)CCN(C(=O)c3cc(-c4ccccn4)n[nH]3)CC2)cc1. The van der Waals surface area contributed by atoms with Gasteiger partial charge in [-0.05, 0) is 43.5 Å². The van der Waals surface area contributed by atoms with Crippen LogP contribution >= 0.6 is 0 Å². The van der Waals surface area contributed by atoms with E-state index in [1.54, 1.807) is 17.2 Å². The highest BCUT2D eigenvalue weighted by atomic mass is 16.3. The summed E-state index contributed by atoms with van der Waals surface area (Å²) in [7, 11) is 0. The lowest BCUT2D eigenvalue weighted by molar-refractivity contribution is -0.0212. The van der Waals surface area contributed by atoms with Gasteiger partial charge in [0.1, 0.15) is 11.4 Å². The predicted octanol–water partition coefficient (Wildman–Crippen LogP) is 2.90. The van der Waals surface area contributed by atoms with Crippen molar-refractivity contribution in [3.63, 3.8) is 0 Å². The molecule has 1 amide bonds. The second-order valence-electron chi connectivity index (χ2n) is 7.07. The van der Waals surface area contributed by atoms with Crippen molar-refractivity contribution in [3.05, 3.63) is 71.5 Å². The van der Waals surface area contributed by atoms with Crippen LogP contribution in [0.25, 0.3) is 11.4 Å². The van der Waals surface area contributed by atoms with Gasteiger partial charge in [0.15, 0.2) is 0 Å². The van der Waals surface area contributed by atoms with Gasteiger partial charge in [-0.1, -0.05) is 35.9 Å². The average molecular weight is 362 g/mol. The minimum Gasteiger partial charge on any atom is -0.385 e. The van der Waals surface area contributed by atoms with Crippen LogP contribution in [0.2, 0.25) is 0 Å². The number of aryl methyl sites for hydroxylation is 1. The first-order valence-electron chi connectivity index (χ1n) is 9.11. The van der Waals surface area contributed by atoms with E-state index in [2.05, 4.69) is 15.2 Å². The number of rotatable bonds is 3. The molecular formula is C21H22N4O2. The van der Waals surface area contributed by atoms with Gasteiger partial charge >= 0.3 is 0 Å². The fraction of sp³-hybridized carbons (Fsp3) is 0.286. The molecule has 1 aliphatic rings. The molecule has 0 saturated carbocycles. The van der Waals surface area contributed by atoms with Crippen LogP contribution in [0.4, 0.5) is 0 Å². The van der Waals surface area contributed by atoms with Crippen LogP contribution in [0.1, 0.15) is 34.5 Å². The molecule has 6 nitrogen and oxygen atoms in total. The number of aliphatic hydroxyl groups is 1. The highest BCUT2D eigenvalue weighted by molar-refractivity contribution is 5.93. The Morgan fingerprint density at radius 3 is 2.52 bits per heavy atom. The Morgan fingerprint density at radius 2 is 1.85 bits per heavy atom. The molecule has 6 heteroatoms. The van der Waals surface area contributed by atoms with Crippen molar-refractivity contribution in [2.75, 3.05) is 13.1 Å². The monoisotopic (exact) mass is 362 g/mol. The molecule has 2 aromatic heterocycles. The number of aromatic nitrogens is 3. The third-order valence-corrected chi connectivity index (χ3v) is 5.20. The highest BCUT2D eigenvalue weighted by Gasteiger charge is 2.35. The summed E-state index contributed by atoms with van der Waals surface area (Å²) in [6.45, 7) is 3.03. The van der Waals surface area contributed by atoms with Gasteiger partial charge < -0.3 is 10.0 Å². The average Bonchev–Trinajstić information content (AvgIpc) is 3.19. The lowest BCUT2D eigenvalue weighted by Gasteiger charge is -2.38. The molecule has 0 radical (unpaired) electrons. The molecule has 138 valence electrons. The number of benzene rings is 1. The standard InChI is InChI=1S/C21H22N4O2/c1-15-5-7-16(8-6-15)21(27)9-12-25(13-10-21)20(26)19-14-18(23-24-19)17-4-2-3-11-22-17/h2-8,11,14,27H,9-10,12-13H2,1H3,(H,23,24). The number of nitrogens with one attached hydrogen (secondary N) is 1. The maximum Gasteiger partial charge on any atom is 0.271 e. The Hall–Kier alpha value is -2.99. The normalized spacial score (nSPS) is 16.3. The molecule has 0 aliphatic carbocycles. The molecule has 27 heavy (non-hydrogen) atoms. The first-order chi connectivity index (χ1) is 13.0. The number of hydrogen-bond acceptors (Lipinski definition) is 4. The van der Waals surface area contributed by atoms with Gasteiger partial charge in [-0.2, -0.15) is 5.10 Å².